The first kappa shape index (κ1) is 14.1. The van der Waals surface area contributed by atoms with Crippen molar-refractivity contribution < 1.29 is 9.90 Å². The Morgan fingerprint density at radius 1 is 1.30 bits per heavy atom. The van der Waals surface area contributed by atoms with Crippen molar-refractivity contribution >= 4 is 23.7 Å². The van der Waals surface area contributed by atoms with Gasteiger partial charge in [-0.15, -0.1) is 0 Å². The van der Waals surface area contributed by atoms with Crippen LogP contribution in [0.4, 0.5) is 0 Å². The third-order valence-electron chi connectivity index (χ3n) is 2.63. The van der Waals surface area contributed by atoms with Gasteiger partial charge in [-0.3, -0.25) is 4.79 Å². The number of phenolic OH excluding ortho intramolecular Hbond substituents is 1. The summed E-state index contributed by atoms with van der Waals surface area (Å²) in [4.78, 5) is 11.8. The summed E-state index contributed by atoms with van der Waals surface area (Å²) >= 11 is 5.78. The van der Waals surface area contributed by atoms with Crippen molar-refractivity contribution in [3.63, 3.8) is 0 Å². The first-order valence-corrected chi connectivity index (χ1v) is 6.32. The number of aryl methyl sites for hydroxylation is 1. The van der Waals surface area contributed by atoms with E-state index in [0.717, 1.165) is 11.1 Å². The van der Waals surface area contributed by atoms with E-state index in [1.807, 2.05) is 31.2 Å². The molecular weight excluding hydrogens is 276 g/mol. The van der Waals surface area contributed by atoms with Crippen LogP contribution >= 0.6 is 11.6 Å². The highest BCUT2D eigenvalue weighted by molar-refractivity contribution is 6.31. The van der Waals surface area contributed by atoms with Crippen LogP contribution in [0.1, 0.15) is 21.5 Å². The Bertz CT molecular complexity index is 669. The number of hydrogen-bond donors (Lipinski definition) is 2. The molecule has 2 aromatic rings. The number of nitrogens with one attached hydrogen (secondary N) is 1. The van der Waals surface area contributed by atoms with Gasteiger partial charge < -0.3 is 5.11 Å². The number of amides is 1. The molecular formula is C15H13ClN2O2. The molecule has 0 aliphatic carbocycles. The second kappa shape index (κ2) is 6.21. The Balaban J connectivity index is 2.07. The molecule has 4 nitrogen and oxygen atoms in total. The van der Waals surface area contributed by atoms with Crippen molar-refractivity contribution in [2.45, 2.75) is 6.92 Å². The second-order valence-electron chi connectivity index (χ2n) is 4.27. The van der Waals surface area contributed by atoms with Gasteiger partial charge in [0.1, 0.15) is 5.75 Å². The Labute approximate surface area is 121 Å². The van der Waals surface area contributed by atoms with E-state index in [1.54, 1.807) is 0 Å². The number of hydrazone groups is 1. The van der Waals surface area contributed by atoms with Crippen LogP contribution in [0.5, 0.6) is 5.75 Å². The van der Waals surface area contributed by atoms with Gasteiger partial charge in [-0.1, -0.05) is 41.4 Å². The first-order chi connectivity index (χ1) is 9.56. The predicted molar refractivity (Wildman–Crippen MR) is 79.4 cm³/mol. The van der Waals surface area contributed by atoms with E-state index in [0.29, 0.717) is 5.02 Å². The summed E-state index contributed by atoms with van der Waals surface area (Å²) in [7, 11) is 0. The van der Waals surface area contributed by atoms with Gasteiger partial charge in [0.15, 0.2) is 0 Å². The number of rotatable bonds is 3. The number of hydrogen-bond acceptors (Lipinski definition) is 3. The van der Waals surface area contributed by atoms with Gasteiger partial charge in [0.25, 0.3) is 5.91 Å². The Hall–Kier alpha value is -2.33. The van der Waals surface area contributed by atoms with Gasteiger partial charge in [-0.25, -0.2) is 5.43 Å². The highest BCUT2D eigenvalue weighted by atomic mass is 35.5. The highest BCUT2D eigenvalue weighted by Gasteiger charge is 2.10. The highest BCUT2D eigenvalue weighted by Crippen LogP contribution is 2.21. The topological polar surface area (TPSA) is 61.7 Å². The van der Waals surface area contributed by atoms with Gasteiger partial charge in [-0.2, -0.15) is 5.10 Å². The molecule has 0 aliphatic heterocycles. The van der Waals surface area contributed by atoms with Crippen LogP contribution in [-0.4, -0.2) is 17.2 Å². The molecule has 0 spiro atoms. The molecule has 2 N–H and O–H groups in total. The largest absolute Gasteiger partial charge is 0.507 e. The summed E-state index contributed by atoms with van der Waals surface area (Å²) in [5.74, 6) is -0.661. The number of carbonyl (C=O) groups excluding carboxylic acids is 1. The lowest BCUT2D eigenvalue weighted by Crippen LogP contribution is -2.17. The second-order valence-corrected chi connectivity index (χ2v) is 4.71. The molecule has 0 saturated heterocycles. The average Bonchev–Trinajstić information content (AvgIpc) is 2.41. The van der Waals surface area contributed by atoms with Crippen molar-refractivity contribution in [3.8, 4) is 5.75 Å². The summed E-state index contributed by atoms with van der Waals surface area (Å²) in [6.45, 7) is 1.97. The first-order valence-electron chi connectivity index (χ1n) is 5.95. The van der Waals surface area contributed by atoms with E-state index in [4.69, 9.17) is 11.6 Å². The molecule has 0 atom stereocenters. The van der Waals surface area contributed by atoms with Crippen LogP contribution < -0.4 is 5.43 Å². The third kappa shape index (κ3) is 3.59. The normalized spacial score (nSPS) is 10.7. The third-order valence-corrected chi connectivity index (χ3v) is 2.86. The predicted octanol–water partition coefficient (Wildman–Crippen LogP) is 3.12. The van der Waals surface area contributed by atoms with E-state index < -0.39 is 5.91 Å². The van der Waals surface area contributed by atoms with Crippen LogP contribution in [0.2, 0.25) is 5.02 Å². The quantitative estimate of drug-likeness (QED) is 0.673. The fourth-order valence-corrected chi connectivity index (χ4v) is 1.84. The monoisotopic (exact) mass is 288 g/mol. The Kier molecular flexibility index (Phi) is 4.38. The molecule has 0 heterocycles. The molecule has 0 aliphatic rings. The number of halogens is 1. The minimum atomic E-state index is -0.520. The molecule has 5 heteroatoms. The molecule has 0 unspecified atom stereocenters. The molecule has 0 aromatic heterocycles. The Morgan fingerprint density at radius 3 is 2.85 bits per heavy atom. The van der Waals surface area contributed by atoms with E-state index in [-0.39, 0.29) is 11.3 Å². The van der Waals surface area contributed by atoms with Crippen LogP contribution in [0.15, 0.2) is 47.6 Å². The van der Waals surface area contributed by atoms with Crippen LogP contribution in [0.3, 0.4) is 0 Å². The van der Waals surface area contributed by atoms with Gasteiger partial charge in [0, 0.05) is 5.02 Å². The maximum absolute atomic E-state index is 11.8. The molecule has 1 amide bonds. The van der Waals surface area contributed by atoms with E-state index in [1.165, 1.54) is 24.4 Å². The number of benzene rings is 2. The lowest BCUT2D eigenvalue weighted by molar-refractivity contribution is 0.0952. The van der Waals surface area contributed by atoms with Crippen LogP contribution in [-0.2, 0) is 0 Å². The molecule has 2 aromatic carbocycles. The van der Waals surface area contributed by atoms with Gasteiger partial charge in [-0.05, 0) is 30.7 Å². The van der Waals surface area contributed by atoms with Crippen molar-refractivity contribution in [1.29, 1.82) is 0 Å². The standard InChI is InChI=1S/C15H13ClN2O2/c1-10-3-2-4-11(7-10)9-17-18-15(20)13-8-12(16)5-6-14(13)19/h2-9,19H,1H3,(H,18,20). The van der Waals surface area contributed by atoms with E-state index in [2.05, 4.69) is 10.5 Å². The fourth-order valence-electron chi connectivity index (χ4n) is 1.67. The number of phenols is 1. The number of carbonyl (C=O) groups is 1. The van der Waals surface area contributed by atoms with Crippen molar-refractivity contribution in [2.24, 2.45) is 5.10 Å². The molecule has 0 bridgehead atoms. The maximum Gasteiger partial charge on any atom is 0.275 e. The molecule has 2 rings (SSSR count). The Morgan fingerprint density at radius 2 is 2.10 bits per heavy atom. The minimum Gasteiger partial charge on any atom is -0.507 e. The average molecular weight is 289 g/mol. The molecule has 0 saturated carbocycles. The fraction of sp³-hybridized carbons (Fsp3) is 0.0667. The van der Waals surface area contributed by atoms with Crippen molar-refractivity contribution in [1.82, 2.24) is 5.43 Å². The van der Waals surface area contributed by atoms with Crippen molar-refractivity contribution in [2.75, 3.05) is 0 Å². The molecule has 20 heavy (non-hydrogen) atoms. The lowest BCUT2D eigenvalue weighted by atomic mass is 10.2. The summed E-state index contributed by atoms with van der Waals surface area (Å²) in [6.07, 6.45) is 1.53. The van der Waals surface area contributed by atoms with Gasteiger partial charge in [0.2, 0.25) is 0 Å². The zero-order valence-electron chi connectivity index (χ0n) is 10.8. The van der Waals surface area contributed by atoms with Gasteiger partial charge >= 0.3 is 0 Å². The van der Waals surface area contributed by atoms with Gasteiger partial charge in [0.05, 0.1) is 11.8 Å². The van der Waals surface area contributed by atoms with Crippen LogP contribution in [0, 0.1) is 6.92 Å². The lowest BCUT2D eigenvalue weighted by Gasteiger charge is -2.03. The number of aromatic hydroxyl groups is 1. The maximum atomic E-state index is 11.8. The molecule has 102 valence electrons. The summed E-state index contributed by atoms with van der Waals surface area (Å²) in [6, 6.07) is 11.9. The zero-order chi connectivity index (χ0) is 14.5. The van der Waals surface area contributed by atoms with Crippen molar-refractivity contribution in [3.05, 3.63) is 64.2 Å². The minimum absolute atomic E-state index is 0.0823. The van der Waals surface area contributed by atoms with E-state index in [9.17, 15) is 9.90 Å². The molecule has 0 fully saturated rings. The number of nitrogens with zero attached hydrogens (tertiary/aromatic N) is 1. The summed E-state index contributed by atoms with van der Waals surface area (Å²) in [5.41, 5.74) is 4.41. The zero-order valence-corrected chi connectivity index (χ0v) is 11.6. The van der Waals surface area contributed by atoms with E-state index >= 15 is 0 Å². The SMILES string of the molecule is Cc1cccc(C=NNC(=O)c2cc(Cl)ccc2O)c1. The smallest absolute Gasteiger partial charge is 0.275 e. The molecule has 0 radical (unpaired) electrons. The summed E-state index contributed by atoms with van der Waals surface area (Å²) < 4.78 is 0. The summed E-state index contributed by atoms with van der Waals surface area (Å²) in [5, 5.41) is 13.8. The van der Waals surface area contributed by atoms with Crippen LogP contribution in [0.25, 0.3) is 0 Å².